The molecule has 3 amide bonds. The van der Waals surface area contributed by atoms with Gasteiger partial charge in [0, 0.05) is 61.2 Å². The van der Waals surface area contributed by atoms with Gasteiger partial charge >= 0.3 is 0 Å². The van der Waals surface area contributed by atoms with E-state index in [-0.39, 0.29) is 53.8 Å². The van der Waals surface area contributed by atoms with Crippen LogP contribution in [0.1, 0.15) is 93.2 Å². The third-order valence-electron chi connectivity index (χ3n) is 12.9. The van der Waals surface area contributed by atoms with Gasteiger partial charge in [-0.05, 0) is 81.6 Å². The summed E-state index contributed by atoms with van der Waals surface area (Å²) in [6, 6.07) is 20.5. The lowest BCUT2D eigenvalue weighted by molar-refractivity contribution is -0.164. The highest BCUT2D eigenvalue weighted by molar-refractivity contribution is 7.13. The maximum Gasteiger partial charge on any atom is 0.251 e. The van der Waals surface area contributed by atoms with Crippen LogP contribution < -0.4 is 21.1 Å². The number of nitrogens with one attached hydrogen (secondary N) is 2. The summed E-state index contributed by atoms with van der Waals surface area (Å²) in [5.41, 5.74) is 12.5. The topological polar surface area (TPSA) is 183 Å². The van der Waals surface area contributed by atoms with Gasteiger partial charge in [-0.15, -0.1) is 11.3 Å². The molecule has 0 spiro atoms. The fraction of sp³-hybridized carbons (Fsp3) is 0.490. The van der Waals surface area contributed by atoms with Crippen LogP contribution in [0.3, 0.4) is 0 Å². The van der Waals surface area contributed by atoms with Crippen molar-refractivity contribution in [2.75, 3.05) is 33.3 Å². The number of halogens is 1. The van der Waals surface area contributed by atoms with Crippen molar-refractivity contribution in [1.82, 2.24) is 25.4 Å². The van der Waals surface area contributed by atoms with Crippen LogP contribution in [0.4, 0.5) is 0 Å². The molecule has 15 heteroatoms. The lowest BCUT2D eigenvalue weighted by atomic mass is 9.49. The lowest BCUT2D eigenvalue weighted by Gasteiger charge is -2.63. The number of nitrogens with zero attached hydrogens (tertiary/aromatic N) is 4. The molecule has 0 unspecified atom stereocenters. The number of hydrogen-bond acceptors (Lipinski definition) is 11. The number of aliphatic hydroxyl groups excluding tert-OH is 1. The number of carbonyl (C=O) groups excluding carboxylic acids is 3. The van der Waals surface area contributed by atoms with Gasteiger partial charge in [0.15, 0.2) is 0 Å². The van der Waals surface area contributed by atoms with E-state index < -0.39 is 30.2 Å². The Morgan fingerprint density at radius 1 is 1.06 bits per heavy atom. The first-order valence-electron chi connectivity index (χ1n) is 21.9. The molecule has 1 aromatic heterocycles. The zero-order valence-corrected chi connectivity index (χ0v) is 39.6. The van der Waals surface area contributed by atoms with Crippen molar-refractivity contribution in [1.29, 1.82) is 5.26 Å². The van der Waals surface area contributed by atoms with Crippen molar-refractivity contribution in [2.45, 2.75) is 110 Å². The minimum atomic E-state index is -0.999. The molecule has 2 fully saturated rings. The molecule has 1 aliphatic carbocycles. The van der Waals surface area contributed by atoms with E-state index in [1.165, 1.54) is 4.90 Å². The number of aryl methyl sites for hydroxylation is 1. The Morgan fingerprint density at radius 3 is 2.38 bits per heavy atom. The highest BCUT2D eigenvalue weighted by Crippen LogP contribution is 2.55. The molecule has 3 aromatic carbocycles. The molecule has 2 heterocycles. The van der Waals surface area contributed by atoms with Crippen molar-refractivity contribution in [3.63, 3.8) is 0 Å². The van der Waals surface area contributed by atoms with Crippen LogP contribution in [0.5, 0.6) is 5.75 Å². The Kier molecular flexibility index (Phi) is 15.6. The largest absolute Gasteiger partial charge is 0.489 e. The number of aromatic nitrogens is 1. The van der Waals surface area contributed by atoms with Crippen LogP contribution in [-0.4, -0.2) is 107 Å². The fourth-order valence-electron chi connectivity index (χ4n) is 9.37. The number of thiazole rings is 1. The van der Waals surface area contributed by atoms with Crippen LogP contribution in [0.15, 0.2) is 72.2 Å². The number of carbonyl (C=O) groups is 3. The van der Waals surface area contributed by atoms with Crippen LogP contribution in [0, 0.1) is 29.1 Å². The number of nitriles is 1. The molecular formula is C49H62ClN7O6S. The number of hydrogen-bond donors (Lipinski definition) is 4. The maximum absolute atomic E-state index is 13.6. The van der Waals surface area contributed by atoms with E-state index in [0.717, 1.165) is 53.2 Å². The quantitative estimate of drug-likeness (QED) is 0.0785. The number of aliphatic hydroxyl groups is 1. The summed E-state index contributed by atoms with van der Waals surface area (Å²) in [6.07, 6.45) is 0.0312. The van der Waals surface area contributed by atoms with Crippen molar-refractivity contribution in [3.8, 4) is 22.3 Å². The van der Waals surface area contributed by atoms with Gasteiger partial charge in [0.05, 0.1) is 44.9 Å². The lowest BCUT2D eigenvalue weighted by Crippen LogP contribution is -2.74. The van der Waals surface area contributed by atoms with Gasteiger partial charge in [-0.1, -0.05) is 75.7 Å². The molecular weight excluding hydrogens is 850 g/mol. The number of likely N-dealkylation sites (tertiary alicyclic amines) is 1. The molecule has 5 N–H and O–H groups in total. The van der Waals surface area contributed by atoms with Gasteiger partial charge in [-0.2, -0.15) is 5.26 Å². The molecule has 0 radical (unpaired) electrons. The summed E-state index contributed by atoms with van der Waals surface area (Å²) in [7, 11) is 2.04. The highest BCUT2D eigenvalue weighted by atomic mass is 35.5. The maximum atomic E-state index is 13.6. The molecule has 1 aliphatic heterocycles. The number of amides is 3. The number of likely N-dealkylation sites (N-methyl/N-ethyl adjacent to an activating group) is 1. The minimum Gasteiger partial charge on any atom is -0.489 e. The second-order valence-corrected chi connectivity index (χ2v) is 19.8. The normalized spacial score (nSPS) is 21.3. The Hall–Kier alpha value is -4.88. The fourth-order valence-corrected chi connectivity index (χ4v) is 10.4. The monoisotopic (exact) mass is 911 g/mol. The van der Waals surface area contributed by atoms with E-state index in [1.807, 2.05) is 74.9 Å². The van der Waals surface area contributed by atoms with Gasteiger partial charge < -0.3 is 40.7 Å². The van der Waals surface area contributed by atoms with E-state index in [9.17, 15) is 24.8 Å². The summed E-state index contributed by atoms with van der Waals surface area (Å²) in [5, 5.41) is 26.3. The molecule has 64 heavy (non-hydrogen) atoms. The second kappa shape index (κ2) is 20.5. The summed E-state index contributed by atoms with van der Waals surface area (Å²) in [5.74, 6) is -0.317. The molecule has 2 aliphatic rings. The van der Waals surface area contributed by atoms with E-state index in [2.05, 4.69) is 54.3 Å². The number of benzene rings is 3. The molecule has 1 saturated heterocycles. The van der Waals surface area contributed by atoms with Crippen molar-refractivity contribution in [2.24, 2.45) is 16.6 Å². The van der Waals surface area contributed by atoms with Gasteiger partial charge in [0.1, 0.15) is 30.0 Å². The van der Waals surface area contributed by atoms with E-state index in [4.69, 9.17) is 26.8 Å². The predicted molar refractivity (Wildman–Crippen MR) is 250 cm³/mol. The van der Waals surface area contributed by atoms with Crippen molar-refractivity contribution < 1.29 is 29.0 Å². The molecule has 13 nitrogen and oxygen atoms in total. The third-order valence-corrected chi connectivity index (χ3v) is 14.2. The van der Waals surface area contributed by atoms with Crippen LogP contribution in [0.2, 0.25) is 5.02 Å². The first-order valence-corrected chi connectivity index (χ1v) is 23.2. The summed E-state index contributed by atoms with van der Waals surface area (Å²) >= 11 is 7.83. The number of rotatable bonds is 18. The second-order valence-electron chi connectivity index (χ2n) is 18.5. The molecule has 0 bridgehead atoms. The van der Waals surface area contributed by atoms with Gasteiger partial charge in [0.2, 0.25) is 11.8 Å². The zero-order valence-electron chi connectivity index (χ0n) is 38.1. The van der Waals surface area contributed by atoms with Crippen molar-refractivity contribution in [3.05, 3.63) is 105 Å². The van der Waals surface area contributed by atoms with Crippen LogP contribution >= 0.6 is 22.9 Å². The van der Waals surface area contributed by atoms with Gasteiger partial charge in [0.25, 0.3) is 5.91 Å². The Labute approximate surface area is 386 Å². The zero-order chi connectivity index (χ0) is 46.5. The molecule has 1 saturated carbocycles. The average Bonchev–Trinajstić information content (AvgIpc) is 3.89. The SMILES string of the molecule is Cc1ncsc1-c1ccc([C@H](C)NC(=O)[C@@H]2C[C@@H](O)CN2C(=O)[C@@H](N)[C@@H](C)OCCCN(C)CCc2ccc(C(=O)NC3C(C)(C)C(Oc4ccc(C#N)c(Cl)c4)C3(C)C)cc2)cc1. The van der Waals surface area contributed by atoms with Gasteiger partial charge in [-0.25, -0.2) is 4.98 Å². The third kappa shape index (κ3) is 11.0. The predicted octanol–water partition coefficient (Wildman–Crippen LogP) is 6.69. The van der Waals surface area contributed by atoms with Crippen molar-refractivity contribution >= 4 is 40.7 Å². The van der Waals surface area contributed by atoms with E-state index in [0.29, 0.717) is 28.5 Å². The van der Waals surface area contributed by atoms with Crippen LogP contribution in [-0.2, 0) is 20.7 Å². The number of ether oxygens (including phenoxy) is 2. The molecule has 342 valence electrons. The minimum absolute atomic E-state index is 0.0300. The Morgan fingerprint density at radius 2 is 1.75 bits per heavy atom. The summed E-state index contributed by atoms with van der Waals surface area (Å²) in [4.78, 5) is 49.5. The molecule has 6 rings (SSSR count). The first-order chi connectivity index (χ1) is 30.3. The first kappa shape index (κ1) is 48.6. The average molecular weight is 913 g/mol. The molecule has 4 aromatic rings. The molecule has 5 atom stereocenters. The smallest absolute Gasteiger partial charge is 0.251 e. The Bertz CT molecular complexity index is 2300. The summed E-state index contributed by atoms with van der Waals surface area (Å²) < 4.78 is 12.4. The number of nitrogens with two attached hydrogens (primary N) is 1. The Balaban J connectivity index is 0.898. The van der Waals surface area contributed by atoms with Gasteiger partial charge in [-0.3, -0.25) is 14.4 Å². The van der Waals surface area contributed by atoms with E-state index >= 15 is 0 Å². The highest BCUT2D eigenvalue weighted by Gasteiger charge is 2.64. The van der Waals surface area contributed by atoms with Crippen LogP contribution in [0.25, 0.3) is 10.4 Å². The van der Waals surface area contributed by atoms with E-state index in [1.54, 1.807) is 36.5 Å². The standard InChI is InChI=1S/C49H62ClN7O6S/c1-29(33-14-16-34(17-15-33)42-30(2)53-28-64-42)54-44(60)40-24-37(58)27-57(40)45(61)41(52)31(3)62-23-9-21-56(8)22-20-32-10-12-35(13-11-32)43(59)55-46-48(4,5)47(49(46,6)7)63-38-19-18-36(26-51)39(50)25-38/h10-19,25,28-29,31,37,40-41,46-47,58H,9,20-24,27,52H2,1-8H3,(H,54,60)(H,55,59)/t29-,31+,37+,40-,41-,46?,47?/m0/s1. The number of β-amino-alcohol motifs (C(OH)–C–C–N with tert-alkyl or cyclic N) is 1. The summed E-state index contributed by atoms with van der Waals surface area (Å²) in [6.45, 7) is 15.9.